The fourth-order valence-corrected chi connectivity index (χ4v) is 2.31. The summed E-state index contributed by atoms with van der Waals surface area (Å²) in [5, 5.41) is 5.26. The standard InChI is InChI=1S/C19H20N2O4/c1-13-6-5-7-14(10-13)12-20-17(22)11-18(23)21-16-9-4-3-8-15(16)19(24)25-2/h3-10H,11-12H2,1-2H3,(H,20,22)(H,21,23). The van der Waals surface area contributed by atoms with E-state index in [1.807, 2.05) is 31.2 Å². The van der Waals surface area contributed by atoms with Crippen LogP contribution in [0.2, 0.25) is 0 Å². The van der Waals surface area contributed by atoms with Gasteiger partial charge in [0.05, 0.1) is 18.4 Å². The Morgan fingerprint density at radius 1 is 1.00 bits per heavy atom. The summed E-state index contributed by atoms with van der Waals surface area (Å²) in [5.74, 6) is -1.45. The Balaban J connectivity index is 1.90. The molecule has 0 saturated heterocycles. The SMILES string of the molecule is COC(=O)c1ccccc1NC(=O)CC(=O)NCc1cccc(C)c1. The van der Waals surface area contributed by atoms with E-state index in [4.69, 9.17) is 0 Å². The summed E-state index contributed by atoms with van der Waals surface area (Å²) in [7, 11) is 1.26. The van der Waals surface area contributed by atoms with Crippen LogP contribution in [0.3, 0.4) is 0 Å². The van der Waals surface area contributed by atoms with Crippen LogP contribution >= 0.6 is 0 Å². The molecule has 0 spiro atoms. The van der Waals surface area contributed by atoms with Gasteiger partial charge in [0.15, 0.2) is 0 Å². The highest BCUT2D eigenvalue weighted by Gasteiger charge is 2.15. The van der Waals surface area contributed by atoms with E-state index < -0.39 is 17.8 Å². The monoisotopic (exact) mass is 340 g/mol. The maximum Gasteiger partial charge on any atom is 0.339 e. The first-order valence-electron chi connectivity index (χ1n) is 7.79. The zero-order chi connectivity index (χ0) is 18.2. The number of methoxy groups -OCH3 is 1. The number of rotatable bonds is 6. The Labute approximate surface area is 146 Å². The molecule has 0 atom stereocenters. The maximum absolute atomic E-state index is 12.0. The molecular formula is C19H20N2O4. The number of hydrogen-bond acceptors (Lipinski definition) is 4. The molecule has 2 aromatic rings. The van der Waals surface area contributed by atoms with Gasteiger partial charge in [0, 0.05) is 6.54 Å². The van der Waals surface area contributed by atoms with Gasteiger partial charge in [-0.3, -0.25) is 9.59 Å². The summed E-state index contributed by atoms with van der Waals surface area (Å²) >= 11 is 0. The molecule has 0 aliphatic heterocycles. The molecule has 0 heterocycles. The van der Waals surface area contributed by atoms with Gasteiger partial charge in [0.2, 0.25) is 11.8 Å². The van der Waals surface area contributed by atoms with Crippen LogP contribution in [0.15, 0.2) is 48.5 Å². The van der Waals surface area contributed by atoms with Crippen molar-refractivity contribution in [3.8, 4) is 0 Å². The molecule has 0 unspecified atom stereocenters. The van der Waals surface area contributed by atoms with Crippen molar-refractivity contribution in [2.45, 2.75) is 19.9 Å². The number of amides is 2. The fourth-order valence-electron chi connectivity index (χ4n) is 2.31. The first-order chi connectivity index (χ1) is 12.0. The number of aryl methyl sites for hydroxylation is 1. The van der Waals surface area contributed by atoms with Gasteiger partial charge < -0.3 is 15.4 Å². The van der Waals surface area contributed by atoms with Crippen LogP contribution in [0, 0.1) is 6.92 Å². The summed E-state index contributed by atoms with van der Waals surface area (Å²) in [6.07, 6.45) is -0.332. The van der Waals surface area contributed by atoms with Crippen LogP contribution in [0.4, 0.5) is 5.69 Å². The number of ether oxygens (including phenoxy) is 1. The Morgan fingerprint density at radius 2 is 1.76 bits per heavy atom. The average molecular weight is 340 g/mol. The minimum atomic E-state index is -0.556. The number of carbonyl (C=O) groups excluding carboxylic acids is 3. The van der Waals surface area contributed by atoms with Gasteiger partial charge in [-0.1, -0.05) is 42.0 Å². The van der Waals surface area contributed by atoms with E-state index in [-0.39, 0.29) is 12.0 Å². The summed E-state index contributed by atoms with van der Waals surface area (Å²) in [4.78, 5) is 35.6. The lowest BCUT2D eigenvalue weighted by molar-refractivity contribution is -0.126. The van der Waals surface area contributed by atoms with Gasteiger partial charge in [-0.15, -0.1) is 0 Å². The predicted molar refractivity (Wildman–Crippen MR) is 94.1 cm³/mol. The average Bonchev–Trinajstić information content (AvgIpc) is 2.60. The Morgan fingerprint density at radius 3 is 2.48 bits per heavy atom. The zero-order valence-corrected chi connectivity index (χ0v) is 14.2. The Hall–Kier alpha value is -3.15. The molecular weight excluding hydrogens is 320 g/mol. The van der Waals surface area contributed by atoms with Gasteiger partial charge in [0.1, 0.15) is 6.42 Å². The van der Waals surface area contributed by atoms with E-state index in [9.17, 15) is 14.4 Å². The molecule has 0 aliphatic carbocycles. The van der Waals surface area contributed by atoms with Gasteiger partial charge >= 0.3 is 5.97 Å². The van der Waals surface area contributed by atoms with Gasteiger partial charge in [-0.2, -0.15) is 0 Å². The van der Waals surface area contributed by atoms with Crippen LogP contribution in [0.25, 0.3) is 0 Å². The molecule has 0 aromatic heterocycles. The number of nitrogens with one attached hydrogen (secondary N) is 2. The van der Waals surface area contributed by atoms with Crippen molar-refractivity contribution in [2.24, 2.45) is 0 Å². The topological polar surface area (TPSA) is 84.5 Å². The van der Waals surface area contributed by atoms with Crippen molar-refractivity contribution in [1.82, 2.24) is 5.32 Å². The first kappa shape index (κ1) is 18.2. The Kier molecular flexibility index (Phi) is 6.28. The molecule has 0 saturated carbocycles. The van der Waals surface area contributed by atoms with Crippen molar-refractivity contribution < 1.29 is 19.1 Å². The number of hydrogen-bond donors (Lipinski definition) is 2. The molecule has 6 nitrogen and oxygen atoms in total. The third-order valence-electron chi connectivity index (χ3n) is 3.50. The van der Waals surface area contributed by atoms with Crippen molar-refractivity contribution >= 4 is 23.5 Å². The number of benzene rings is 2. The number of carbonyl (C=O) groups is 3. The predicted octanol–water partition coefficient (Wildman–Crippen LogP) is 2.43. The van der Waals surface area contributed by atoms with Crippen LogP contribution in [-0.2, 0) is 20.9 Å². The second-order valence-corrected chi connectivity index (χ2v) is 5.53. The largest absolute Gasteiger partial charge is 0.465 e. The van der Waals surface area contributed by atoms with Crippen molar-refractivity contribution in [3.05, 3.63) is 65.2 Å². The van der Waals surface area contributed by atoms with Crippen molar-refractivity contribution in [3.63, 3.8) is 0 Å². The van der Waals surface area contributed by atoms with Crippen LogP contribution in [0.5, 0.6) is 0 Å². The molecule has 2 rings (SSSR count). The number of anilines is 1. The molecule has 0 fully saturated rings. The van der Waals surface area contributed by atoms with Gasteiger partial charge in [-0.05, 0) is 24.6 Å². The lowest BCUT2D eigenvalue weighted by Crippen LogP contribution is -2.28. The zero-order valence-electron chi connectivity index (χ0n) is 14.2. The molecule has 2 aromatic carbocycles. The van der Waals surface area contributed by atoms with E-state index in [1.165, 1.54) is 7.11 Å². The van der Waals surface area contributed by atoms with Crippen LogP contribution < -0.4 is 10.6 Å². The smallest absolute Gasteiger partial charge is 0.339 e. The van der Waals surface area contributed by atoms with E-state index >= 15 is 0 Å². The second kappa shape index (κ2) is 8.63. The highest BCUT2D eigenvalue weighted by Crippen LogP contribution is 2.16. The number of para-hydroxylation sites is 1. The molecule has 0 aliphatic rings. The van der Waals surface area contributed by atoms with Crippen LogP contribution in [-0.4, -0.2) is 24.9 Å². The fraction of sp³-hybridized carbons (Fsp3) is 0.211. The van der Waals surface area contributed by atoms with E-state index in [0.29, 0.717) is 12.2 Å². The lowest BCUT2D eigenvalue weighted by atomic mass is 10.1. The molecule has 25 heavy (non-hydrogen) atoms. The lowest BCUT2D eigenvalue weighted by Gasteiger charge is -2.10. The van der Waals surface area contributed by atoms with Gasteiger partial charge in [0.25, 0.3) is 0 Å². The quantitative estimate of drug-likeness (QED) is 0.625. The molecule has 0 bridgehead atoms. The summed E-state index contributed by atoms with van der Waals surface area (Å²) in [6, 6.07) is 14.2. The third-order valence-corrected chi connectivity index (χ3v) is 3.50. The van der Waals surface area contributed by atoms with E-state index in [1.54, 1.807) is 24.3 Å². The second-order valence-electron chi connectivity index (χ2n) is 5.53. The minimum absolute atomic E-state index is 0.235. The van der Waals surface area contributed by atoms with Crippen molar-refractivity contribution in [2.75, 3.05) is 12.4 Å². The van der Waals surface area contributed by atoms with Crippen LogP contribution in [0.1, 0.15) is 27.9 Å². The third kappa shape index (κ3) is 5.46. The van der Waals surface area contributed by atoms with Gasteiger partial charge in [-0.25, -0.2) is 4.79 Å². The molecule has 6 heteroatoms. The number of esters is 1. The Bertz CT molecular complexity index is 786. The summed E-state index contributed by atoms with van der Waals surface area (Å²) in [6.45, 7) is 2.32. The molecule has 130 valence electrons. The molecule has 2 N–H and O–H groups in total. The van der Waals surface area contributed by atoms with Crippen molar-refractivity contribution in [1.29, 1.82) is 0 Å². The normalized spacial score (nSPS) is 10.0. The molecule has 0 radical (unpaired) electrons. The highest BCUT2D eigenvalue weighted by molar-refractivity contribution is 6.06. The summed E-state index contributed by atoms with van der Waals surface area (Å²) < 4.78 is 4.67. The summed E-state index contributed by atoms with van der Waals surface area (Å²) in [5.41, 5.74) is 2.61. The van der Waals surface area contributed by atoms with E-state index in [2.05, 4.69) is 15.4 Å². The minimum Gasteiger partial charge on any atom is -0.465 e. The highest BCUT2D eigenvalue weighted by atomic mass is 16.5. The first-order valence-corrected chi connectivity index (χ1v) is 7.79. The van der Waals surface area contributed by atoms with E-state index in [0.717, 1.165) is 11.1 Å². The molecule has 2 amide bonds. The maximum atomic E-state index is 12.0.